The third-order valence-corrected chi connectivity index (χ3v) is 7.30. The van der Waals surface area contributed by atoms with Crippen molar-refractivity contribution in [3.05, 3.63) is 64.1 Å². The van der Waals surface area contributed by atoms with Gasteiger partial charge < -0.3 is 10.1 Å². The summed E-state index contributed by atoms with van der Waals surface area (Å²) in [6.45, 7) is 1.68. The summed E-state index contributed by atoms with van der Waals surface area (Å²) in [5.74, 6) is 0.257. The van der Waals surface area contributed by atoms with Crippen LogP contribution in [0.1, 0.15) is 24.8 Å². The van der Waals surface area contributed by atoms with Gasteiger partial charge in [-0.2, -0.15) is 4.31 Å². The second-order valence-corrected chi connectivity index (χ2v) is 9.86. The van der Waals surface area contributed by atoms with Crippen LogP contribution in [0, 0.1) is 0 Å². The van der Waals surface area contributed by atoms with Crippen molar-refractivity contribution in [2.45, 2.75) is 24.2 Å². The van der Waals surface area contributed by atoms with Gasteiger partial charge in [-0.3, -0.25) is 4.79 Å². The Hall–Kier alpha value is -2.06. The molecule has 2 aromatic rings. The lowest BCUT2D eigenvalue weighted by Crippen LogP contribution is -2.35. The number of ether oxygens (including phenoxy) is 1. The fraction of sp³-hybridized carbons (Fsp3) is 0.318. The lowest BCUT2D eigenvalue weighted by molar-refractivity contribution is -0.116. The van der Waals surface area contributed by atoms with Crippen molar-refractivity contribution >= 4 is 45.2 Å². The Morgan fingerprint density at radius 3 is 2.45 bits per heavy atom. The minimum atomic E-state index is -3.45. The highest BCUT2D eigenvalue weighted by Gasteiger charge is 2.25. The van der Waals surface area contributed by atoms with Crippen LogP contribution in [0.3, 0.4) is 0 Å². The molecule has 2 aromatic carbocycles. The monoisotopic (exact) mass is 482 g/mol. The summed E-state index contributed by atoms with van der Waals surface area (Å²) >= 11 is 11.9. The maximum atomic E-state index is 12.7. The second-order valence-electron chi connectivity index (χ2n) is 7.07. The van der Waals surface area contributed by atoms with Gasteiger partial charge in [-0.25, -0.2) is 8.42 Å². The molecule has 0 saturated carbocycles. The van der Waals surface area contributed by atoms with Crippen molar-refractivity contribution in [2.24, 2.45) is 0 Å². The third-order valence-electron chi connectivity index (χ3n) is 4.82. The highest BCUT2D eigenvalue weighted by Crippen LogP contribution is 2.23. The minimum absolute atomic E-state index is 0.250. The number of piperidine rings is 1. The van der Waals surface area contributed by atoms with Gasteiger partial charge in [0.05, 0.1) is 11.4 Å². The lowest BCUT2D eigenvalue weighted by Gasteiger charge is -2.25. The van der Waals surface area contributed by atoms with Gasteiger partial charge in [-0.1, -0.05) is 35.7 Å². The van der Waals surface area contributed by atoms with E-state index in [-0.39, 0.29) is 17.4 Å². The number of hydrogen-bond donors (Lipinski definition) is 1. The highest BCUT2D eigenvalue weighted by molar-refractivity contribution is 7.89. The average molecular weight is 483 g/mol. The molecule has 0 radical (unpaired) electrons. The first-order valence-electron chi connectivity index (χ1n) is 10.0. The van der Waals surface area contributed by atoms with Crippen molar-refractivity contribution in [1.82, 2.24) is 9.62 Å². The Labute approximate surface area is 192 Å². The highest BCUT2D eigenvalue weighted by atomic mass is 35.5. The molecule has 0 atom stereocenters. The molecule has 166 valence electrons. The summed E-state index contributed by atoms with van der Waals surface area (Å²) in [5, 5.41) is 3.70. The summed E-state index contributed by atoms with van der Waals surface area (Å²) in [7, 11) is -3.45. The van der Waals surface area contributed by atoms with Crippen LogP contribution >= 0.6 is 23.2 Å². The Balaban J connectivity index is 1.44. The Morgan fingerprint density at radius 1 is 1.06 bits per heavy atom. The average Bonchev–Trinajstić information content (AvgIpc) is 2.77. The number of carbonyl (C=O) groups excluding carboxylic acids is 1. The number of benzene rings is 2. The molecule has 0 unspecified atom stereocenters. The van der Waals surface area contributed by atoms with Crippen LogP contribution in [0.15, 0.2) is 53.4 Å². The van der Waals surface area contributed by atoms with E-state index < -0.39 is 10.0 Å². The molecule has 1 heterocycles. The Bertz CT molecular complexity index is 1030. The zero-order chi connectivity index (χ0) is 22.3. The summed E-state index contributed by atoms with van der Waals surface area (Å²) in [5.41, 5.74) is 0.692. The first kappa shape index (κ1) is 23.6. The maximum absolute atomic E-state index is 12.7. The molecule has 1 fully saturated rings. The van der Waals surface area contributed by atoms with Gasteiger partial charge in [0.2, 0.25) is 15.9 Å². The van der Waals surface area contributed by atoms with Gasteiger partial charge in [-0.15, -0.1) is 0 Å². The molecule has 3 rings (SSSR count). The van der Waals surface area contributed by atoms with E-state index in [9.17, 15) is 13.2 Å². The number of amides is 1. The van der Waals surface area contributed by atoms with E-state index in [4.69, 9.17) is 27.9 Å². The van der Waals surface area contributed by atoms with Crippen molar-refractivity contribution in [1.29, 1.82) is 0 Å². The molecular formula is C22H24Cl2N2O4S. The molecule has 0 aromatic heterocycles. The number of hydrogen-bond acceptors (Lipinski definition) is 4. The lowest BCUT2D eigenvalue weighted by atomic mass is 10.2. The van der Waals surface area contributed by atoms with Gasteiger partial charge in [0.15, 0.2) is 0 Å². The van der Waals surface area contributed by atoms with Crippen LogP contribution < -0.4 is 10.1 Å². The molecule has 6 nitrogen and oxygen atoms in total. The molecule has 1 aliphatic rings. The summed E-state index contributed by atoms with van der Waals surface area (Å²) in [4.78, 5) is 12.2. The van der Waals surface area contributed by atoms with Gasteiger partial charge in [0.25, 0.3) is 0 Å². The van der Waals surface area contributed by atoms with Crippen LogP contribution in [0.25, 0.3) is 6.08 Å². The fourth-order valence-electron chi connectivity index (χ4n) is 3.17. The largest absolute Gasteiger partial charge is 0.492 e. The number of carbonyl (C=O) groups is 1. The summed E-state index contributed by atoms with van der Waals surface area (Å²) in [6.07, 6.45) is 5.86. The van der Waals surface area contributed by atoms with E-state index >= 15 is 0 Å². The number of sulfonamides is 1. The first-order chi connectivity index (χ1) is 14.9. The Kier molecular flexibility index (Phi) is 8.37. The number of rotatable bonds is 8. The summed E-state index contributed by atoms with van der Waals surface area (Å²) < 4.78 is 32.4. The molecule has 1 aliphatic heterocycles. The van der Waals surface area contributed by atoms with Gasteiger partial charge in [0, 0.05) is 29.2 Å². The fourth-order valence-corrected chi connectivity index (χ4v) is 5.15. The predicted octanol–water partition coefficient (Wildman–Crippen LogP) is 4.38. The van der Waals surface area contributed by atoms with E-state index in [1.54, 1.807) is 48.5 Å². The number of nitrogens with zero attached hydrogens (tertiary/aromatic N) is 1. The molecule has 9 heteroatoms. The molecule has 0 bridgehead atoms. The molecule has 1 saturated heterocycles. The maximum Gasteiger partial charge on any atom is 0.244 e. The zero-order valence-electron chi connectivity index (χ0n) is 16.9. The van der Waals surface area contributed by atoms with Crippen molar-refractivity contribution < 1.29 is 17.9 Å². The van der Waals surface area contributed by atoms with E-state index in [0.717, 1.165) is 19.3 Å². The SMILES string of the molecule is O=C(/C=C/c1ccc(Cl)cc1Cl)NCCOc1ccc(S(=O)(=O)N2CCCCC2)cc1. The molecule has 1 N–H and O–H groups in total. The molecule has 0 spiro atoms. The van der Waals surface area contributed by atoms with E-state index in [1.807, 2.05) is 0 Å². The Morgan fingerprint density at radius 2 is 1.77 bits per heavy atom. The molecular weight excluding hydrogens is 459 g/mol. The van der Waals surface area contributed by atoms with Crippen molar-refractivity contribution in [3.63, 3.8) is 0 Å². The van der Waals surface area contributed by atoms with Crippen molar-refractivity contribution in [2.75, 3.05) is 26.2 Å². The normalized spacial score (nSPS) is 15.2. The standard InChI is InChI=1S/C22H24Cl2N2O4S/c23-18-6-4-17(21(24)16-18)5-11-22(27)25-12-15-30-19-7-9-20(10-8-19)31(28,29)26-13-2-1-3-14-26/h4-11,16H,1-3,12-15H2,(H,25,27)/b11-5+. The molecule has 31 heavy (non-hydrogen) atoms. The topological polar surface area (TPSA) is 75.7 Å². The van der Waals surface area contributed by atoms with Gasteiger partial charge in [0.1, 0.15) is 12.4 Å². The van der Waals surface area contributed by atoms with Crippen LogP contribution in [0.4, 0.5) is 0 Å². The van der Waals surface area contributed by atoms with Crippen molar-refractivity contribution in [3.8, 4) is 5.75 Å². The van der Waals surface area contributed by atoms with E-state index in [2.05, 4.69) is 5.32 Å². The second kappa shape index (κ2) is 11.0. The van der Waals surface area contributed by atoms with Gasteiger partial charge >= 0.3 is 0 Å². The molecule has 1 amide bonds. The zero-order valence-corrected chi connectivity index (χ0v) is 19.2. The van der Waals surface area contributed by atoms with E-state index in [1.165, 1.54) is 10.4 Å². The van der Waals surface area contributed by atoms with Crippen LogP contribution in [0.5, 0.6) is 5.75 Å². The molecule has 0 aliphatic carbocycles. The first-order valence-corrected chi connectivity index (χ1v) is 12.2. The van der Waals surface area contributed by atoms with Crippen LogP contribution in [0.2, 0.25) is 10.0 Å². The predicted molar refractivity (Wildman–Crippen MR) is 123 cm³/mol. The summed E-state index contributed by atoms with van der Waals surface area (Å²) in [6, 6.07) is 11.4. The number of halogens is 2. The number of nitrogens with one attached hydrogen (secondary N) is 1. The van der Waals surface area contributed by atoms with Crippen LogP contribution in [-0.4, -0.2) is 44.9 Å². The van der Waals surface area contributed by atoms with E-state index in [0.29, 0.717) is 41.0 Å². The van der Waals surface area contributed by atoms with Crippen LogP contribution in [-0.2, 0) is 14.8 Å². The minimum Gasteiger partial charge on any atom is -0.492 e. The third kappa shape index (κ3) is 6.71. The van der Waals surface area contributed by atoms with Gasteiger partial charge in [-0.05, 0) is 60.9 Å². The quantitative estimate of drug-likeness (QED) is 0.447. The smallest absolute Gasteiger partial charge is 0.244 e.